The summed E-state index contributed by atoms with van der Waals surface area (Å²) in [5.41, 5.74) is 2.04. The van der Waals surface area contributed by atoms with Gasteiger partial charge < -0.3 is 9.64 Å². The minimum atomic E-state index is 0.139. The maximum Gasteiger partial charge on any atom is 0.232 e. The molecule has 0 spiro atoms. The van der Waals surface area contributed by atoms with Gasteiger partial charge in [0.2, 0.25) is 5.91 Å². The molecule has 132 valence electrons. The van der Waals surface area contributed by atoms with E-state index in [1.54, 1.807) is 24.2 Å². The number of hydrogen-bond acceptors (Lipinski definition) is 5. The van der Waals surface area contributed by atoms with Gasteiger partial charge in [-0.15, -0.1) is 11.8 Å². The van der Waals surface area contributed by atoms with E-state index < -0.39 is 0 Å². The first-order valence-electron chi connectivity index (χ1n) is 8.57. The first-order valence-corrected chi connectivity index (χ1v) is 9.72. The molecule has 2 aromatic heterocycles. The Labute approximate surface area is 152 Å². The summed E-state index contributed by atoms with van der Waals surface area (Å²) >= 11 is 1.60. The van der Waals surface area contributed by atoms with Crippen molar-refractivity contribution in [1.29, 1.82) is 0 Å². The molecule has 1 amide bonds. The average molecular weight is 357 g/mol. The van der Waals surface area contributed by atoms with E-state index >= 15 is 0 Å². The molecule has 2 aromatic rings. The predicted octanol–water partition coefficient (Wildman–Crippen LogP) is 2.92. The third-order valence-corrected chi connectivity index (χ3v) is 5.05. The Morgan fingerprint density at radius 1 is 1.28 bits per heavy atom. The van der Waals surface area contributed by atoms with Crippen molar-refractivity contribution in [2.45, 2.75) is 31.2 Å². The molecule has 0 saturated carbocycles. The third kappa shape index (κ3) is 5.83. The molecule has 0 N–H and O–H groups in total. The number of amides is 1. The quantitative estimate of drug-likeness (QED) is 0.727. The number of aromatic nitrogens is 2. The van der Waals surface area contributed by atoms with Crippen LogP contribution in [0.4, 0.5) is 0 Å². The topological polar surface area (TPSA) is 55.3 Å². The van der Waals surface area contributed by atoms with Gasteiger partial charge in [-0.05, 0) is 36.6 Å². The Hall–Kier alpha value is -1.92. The SMILES string of the molecule is O=C(CSCc1ccccn1)N(Cc1cccnc1)CC1CCCO1. The lowest BCUT2D eigenvalue weighted by Crippen LogP contribution is -2.38. The summed E-state index contributed by atoms with van der Waals surface area (Å²) < 4.78 is 5.72. The van der Waals surface area contributed by atoms with Crippen molar-refractivity contribution in [3.8, 4) is 0 Å². The molecule has 1 aliphatic rings. The Morgan fingerprint density at radius 2 is 2.24 bits per heavy atom. The molecule has 25 heavy (non-hydrogen) atoms. The summed E-state index contributed by atoms with van der Waals surface area (Å²) in [5.74, 6) is 1.33. The van der Waals surface area contributed by atoms with Gasteiger partial charge in [-0.2, -0.15) is 0 Å². The van der Waals surface area contributed by atoms with E-state index in [2.05, 4.69) is 9.97 Å². The summed E-state index contributed by atoms with van der Waals surface area (Å²) in [5, 5.41) is 0. The molecule has 1 aliphatic heterocycles. The Kier molecular flexibility index (Phi) is 6.82. The number of carbonyl (C=O) groups is 1. The van der Waals surface area contributed by atoms with E-state index in [1.165, 1.54) is 0 Å². The van der Waals surface area contributed by atoms with Crippen LogP contribution in [-0.4, -0.2) is 45.8 Å². The summed E-state index contributed by atoms with van der Waals surface area (Å²) in [7, 11) is 0. The third-order valence-electron chi connectivity index (χ3n) is 4.10. The Bertz CT molecular complexity index is 648. The number of thioether (sulfide) groups is 1. The van der Waals surface area contributed by atoms with Gasteiger partial charge in [0.15, 0.2) is 0 Å². The van der Waals surface area contributed by atoms with Gasteiger partial charge in [0.1, 0.15) is 0 Å². The lowest BCUT2D eigenvalue weighted by Gasteiger charge is -2.25. The molecule has 0 bridgehead atoms. The Morgan fingerprint density at radius 3 is 2.96 bits per heavy atom. The van der Waals surface area contributed by atoms with Gasteiger partial charge in [0.05, 0.1) is 17.6 Å². The first kappa shape index (κ1) is 17.9. The van der Waals surface area contributed by atoms with E-state index in [-0.39, 0.29) is 12.0 Å². The van der Waals surface area contributed by atoms with Crippen molar-refractivity contribution < 1.29 is 9.53 Å². The van der Waals surface area contributed by atoms with Crippen molar-refractivity contribution in [3.63, 3.8) is 0 Å². The predicted molar refractivity (Wildman–Crippen MR) is 99.0 cm³/mol. The number of hydrogen-bond donors (Lipinski definition) is 0. The minimum absolute atomic E-state index is 0.139. The molecule has 1 saturated heterocycles. The van der Waals surface area contributed by atoms with Crippen LogP contribution in [0.25, 0.3) is 0 Å². The van der Waals surface area contributed by atoms with Crippen molar-refractivity contribution in [1.82, 2.24) is 14.9 Å². The highest BCUT2D eigenvalue weighted by Crippen LogP contribution is 2.17. The zero-order valence-corrected chi connectivity index (χ0v) is 15.0. The van der Waals surface area contributed by atoms with Gasteiger partial charge >= 0.3 is 0 Å². The summed E-state index contributed by atoms with van der Waals surface area (Å²) in [6.07, 6.45) is 7.60. The van der Waals surface area contributed by atoms with Crippen LogP contribution in [0.15, 0.2) is 48.9 Å². The molecule has 1 atom stereocenters. The van der Waals surface area contributed by atoms with Gasteiger partial charge in [-0.3, -0.25) is 14.8 Å². The van der Waals surface area contributed by atoms with Gasteiger partial charge in [0.25, 0.3) is 0 Å². The number of nitrogens with zero attached hydrogens (tertiary/aromatic N) is 3. The van der Waals surface area contributed by atoms with Crippen LogP contribution >= 0.6 is 11.8 Å². The fraction of sp³-hybridized carbons (Fsp3) is 0.421. The molecule has 0 aliphatic carbocycles. The maximum absolute atomic E-state index is 12.7. The van der Waals surface area contributed by atoms with Gasteiger partial charge in [0, 0.05) is 44.0 Å². The second-order valence-corrected chi connectivity index (χ2v) is 7.07. The van der Waals surface area contributed by atoms with Crippen molar-refractivity contribution in [2.75, 3.05) is 18.9 Å². The van der Waals surface area contributed by atoms with Crippen LogP contribution in [0, 0.1) is 0 Å². The summed E-state index contributed by atoms with van der Waals surface area (Å²) in [6.45, 7) is 2.03. The smallest absolute Gasteiger partial charge is 0.232 e. The van der Waals surface area contributed by atoms with Crippen LogP contribution in [0.2, 0.25) is 0 Å². The van der Waals surface area contributed by atoms with Crippen molar-refractivity contribution in [3.05, 3.63) is 60.2 Å². The number of carbonyl (C=O) groups excluding carboxylic acids is 1. The monoisotopic (exact) mass is 357 g/mol. The van der Waals surface area contributed by atoms with Crippen molar-refractivity contribution in [2.24, 2.45) is 0 Å². The summed E-state index contributed by atoms with van der Waals surface area (Å²) in [6, 6.07) is 9.76. The highest BCUT2D eigenvalue weighted by atomic mass is 32.2. The van der Waals surface area contributed by atoms with Crippen LogP contribution in [0.1, 0.15) is 24.1 Å². The zero-order chi connectivity index (χ0) is 17.3. The fourth-order valence-electron chi connectivity index (χ4n) is 2.82. The lowest BCUT2D eigenvalue weighted by molar-refractivity contribution is -0.130. The second-order valence-electron chi connectivity index (χ2n) is 6.08. The lowest BCUT2D eigenvalue weighted by atomic mass is 10.2. The van der Waals surface area contributed by atoms with Crippen LogP contribution in [-0.2, 0) is 21.8 Å². The average Bonchev–Trinajstić information content (AvgIpc) is 3.16. The van der Waals surface area contributed by atoms with E-state index in [0.29, 0.717) is 18.8 Å². The van der Waals surface area contributed by atoms with Gasteiger partial charge in [-0.1, -0.05) is 12.1 Å². The van der Waals surface area contributed by atoms with Gasteiger partial charge in [-0.25, -0.2) is 0 Å². The van der Waals surface area contributed by atoms with Crippen LogP contribution in [0.3, 0.4) is 0 Å². The van der Waals surface area contributed by atoms with E-state index in [9.17, 15) is 4.79 Å². The molecule has 3 heterocycles. The molecular formula is C19H23N3O2S. The first-order chi connectivity index (χ1) is 12.3. The molecule has 0 radical (unpaired) electrons. The van der Waals surface area contributed by atoms with Crippen LogP contribution < -0.4 is 0 Å². The molecule has 6 heteroatoms. The highest BCUT2D eigenvalue weighted by Gasteiger charge is 2.22. The molecule has 0 aromatic carbocycles. The zero-order valence-electron chi connectivity index (χ0n) is 14.2. The number of pyridine rings is 2. The number of ether oxygens (including phenoxy) is 1. The van der Waals surface area contributed by atoms with E-state index in [0.717, 1.165) is 36.5 Å². The van der Waals surface area contributed by atoms with Crippen LogP contribution in [0.5, 0.6) is 0 Å². The van der Waals surface area contributed by atoms with E-state index in [4.69, 9.17) is 4.74 Å². The van der Waals surface area contributed by atoms with E-state index in [1.807, 2.05) is 41.4 Å². The molecule has 5 nitrogen and oxygen atoms in total. The standard InChI is InChI=1S/C19H23N3O2S/c23-19(15-25-14-17-6-1-2-9-21-17)22(13-18-7-4-10-24-18)12-16-5-3-8-20-11-16/h1-3,5-6,8-9,11,18H,4,7,10,12-15H2. The maximum atomic E-state index is 12.7. The number of rotatable bonds is 8. The molecule has 1 fully saturated rings. The fourth-order valence-corrected chi connectivity index (χ4v) is 3.66. The molecular weight excluding hydrogens is 334 g/mol. The largest absolute Gasteiger partial charge is 0.376 e. The second kappa shape index (κ2) is 9.53. The molecule has 3 rings (SSSR count). The minimum Gasteiger partial charge on any atom is -0.376 e. The highest BCUT2D eigenvalue weighted by molar-refractivity contribution is 7.99. The Balaban J connectivity index is 1.55. The van der Waals surface area contributed by atoms with Crippen molar-refractivity contribution >= 4 is 17.7 Å². The molecule has 1 unspecified atom stereocenters. The summed E-state index contributed by atoms with van der Waals surface area (Å²) in [4.78, 5) is 23.1. The normalized spacial score (nSPS) is 16.7.